The van der Waals surface area contributed by atoms with Gasteiger partial charge < -0.3 is 10.4 Å². The average Bonchev–Trinajstić information content (AvgIpc) is 2.33. The standard InChI is InChI=1S/C14H18ClNO3/c1-4-9(3)12(14(18)19)16-13(17)10-5-8(2)6-11(15)7-10/h5-7,9,12H,4H2,1-3H3,(H,16,17)(H,18,19)/t9-,12-/m0/s1. The van der Waals surface area contributed by atoms with Gasteiger partial charge in [0.15, 0.2) is 0 Å². The Morgan fingerprint density at radius 2 is 2.00 bits per heavy atom. The minimum absolute atomic E-state index is 0.137. The van der Waals surface area contributed by atoms with Crippen LogP contribution in [-0.4, -0.2) is 23.0 Å². The maximum absolute atomic E-state index is 12.1. The van der Waals surface area contributed by atoms with Crippen molar-refractivity contribution in [3.8, 4) is 0 Å². The molecular formula is C14H18ClNO3. The Morgan fingerprint density at radius 1 is 1.37 bits per heavy atom. The lowest BCUT2D eigenvalue weighted by molar-refractivity contribution is -0.140. The third-order valence-corrected chi connectivity index (χ3v) is 3.29. The van der Waals surface area contributed by atoms with Crippen molar-refractivity contribution < 1.29 is 14.7 Å². The van der Waals surface area contributed by atoms with Gasteiger partial charge in [0, 0.05) is 10.6 Å². The van der Waals surface area contributed by atoms with Gasteiger partial charge in [0.25, 0.3) is 5.91 Å². The minimum Gasteiger partial charge on any atom is -0.480 e. The highest BCUT2D eigenvalue weighted by atomic mass is 35.5. The van der Waals surface area contributed by atoms with E-state index in [0.717, 1.165) is 5.56 Å². The smallest absolute Gasteiger partial charge is 0.326 e. The van der Waals surface area contributed by atoms with Gasteiger partial charge in [-0.3, -0.25) is 4.79 Å². The Morgan fingerprint density at radius 3 is 2.47 bits per heavy atom. The Labute approximate surface area is 117 Å². The fraction of sp³-hybridized carbons (Fsp3) is 0.429. The van der Waals surface area contributed by atoms with Crippen LogP contribution in [0, 0.1) is 12.8 Å². The molecule has 0 unspecified atom stereocenters. The molecule has 0 saturated carbocycles. The number of hydrogen-bond acceptors (Lipinski definition) is 2. The summed E-state index contributed by atoms with van der Waals surface area (Å²) in [5.41, 5.74) is 1.23. The van der Waals surface area contributed by atoms with Gasteiger partial charge in [0.1, 0.15) is 6.04 Å². The van der Waals surface area contributed by atoms with Crippen molar-refractivity contribution in [2.75, 3.05) is 0 Å². The molecule has 0 aliphatic carbocycles. The maximum Gasteiger partial charge on any atom is 0.326 e. The number of carboxylic acid groups (broad SMARTS) is 1. The second-order valence-corrected chi connectivity index (χ2v) is 5.13. The van der Waals surface area contributed by atoms with E-state index in [1.54, 1.807) is 19.1 Å². The molecular weight excluding hydrogens is 266 g/mol. The first-order valence-corrected chi connectivity index (χ1v) is 6.53. The van der Waals surface area contributed by atoms with Gasteiger partial charge in [-0.15, -0.1) is 0 Å². The fourth-order valence-corrected chi connectivity index (χ4v) is 2.06. The first kappa shape index (κ1) is 15.5. The first-order valence-electron chi connectivity index (χ1n) is 6.16. The minimum atomic E-state index is -1.03. The number of carboxylic acids is 1. The zero-order valence-electron chi connectivity index (χ0n) is 11.2. The second-order valence-electron chi connectivity index (χ2n) is 4.69. The van der Waals surface area contributed by atoms with E-state index in [2.05, 4.69) is 5.32 Å². The monoisotopic (exact) mass is 283 g/mol. The maximum atomic E-state index is 12.1. The molecule has 0 radical (unpaired) electrons. The van der Waals surface area contributed by atoms with Gasteiger partial charge >= 0.3 is 5.97 Å². The summed E-state index contributed by atoms with van der Waals surface area (Å²) < 4.78 is 0. The molecule has 2 N–H and O–H groups in total. The predicted octanol–water partition coefficient (Wildman–Crippen LogP) is 2.88. The number of aliphatic carboxylic acids is 1. The third-order valence-electron chi connectivity index (χ3n) is 3.07. The summed E-state index contributed by atoms with van der Waals surface area (Å²) in [6.45, 7) is 5.50. The molecule has 0 aliphatic rings. The summed E-state index contributed by atoms with van der Waals surface area (Å²) >= 11 is 5.89. The van der Waals surface area contributed by atoms with Gasteiger partial charge in [-0.25, -0.2) is 4.79 Å². The van der Waals surface area contributed by atoms with Crippen molar-refractivity contribution in [2.45, 2.75) is 33.2 Å². The molecule has 19 heavy (non-hydrogen) atoms. The molecule has 1 aromatic carbocycles. The van der Waals surface area contributed by atoms with Crippen LogP contribution >= 0.6 is 11.6 Å². The number of benzene rings is 1. The lowest BCUT2D eigenvalue weighted by atomic mass is 9.99. The Kier molecular flexibility index (Phi) is 5.36. The number of nitrogens with one attached hydrogen (secondary N) is 1. The van der Waals surface area contributed by atoms with Gasteiger partial charge in [0.2, 0.25) is 0 Å². The molecule has 0 aliphatic heterocycles. The number of aryl methyl sites for hydroxylation is 1. The molecule has 4 nitrogen and oxygen atoms in total. The Balaban J connectivity index is 2.90. The van der Waals surface area contributed by atoms with E-state index >= 15 is 0 Å². The van der Waals surface area contributed by atoms with E-state index in [9.17, 15) is 9.59 Å². The van der Waals surface area contributed by atoms with Crippen LogP contribution in [0.5, 0.6) is 0 Å². The molecule has 2 atom stereocenters. The van der Waals surface area contributed by atoms with Crippen LogP contribution in [0.3, 0.4) is 0 Å². The van der Waals surface area contributed by atoms with Crippen LogP contribution in [0.15, 0.2) is 18.2 Å². The molecule has 0 aromatic heterocycles. The summed E-state index contributed by atoms with van der Waals surface area (Å²) in [5, 5.41) is 12.1. The van der Waals surface area contributed by atoms with E-state index in [1.807, 2.05) is 13.8 Å². The summed E-state index contributed by atoms with van der Waals surface area (Å²) in [6, 6.07) is 4.05. The van der Waals surface area contributed by atoms with Crippen LogP contribution in [-0.2, 0) is 4.79 Å². The van der Waals surface area contributed by atoms with Gasteiger partial charge in [0.05, 0.1) is 0 Å². The zero-order chi connectivity index (χ0) is 14.6. The molecule has 1 amide bonds. The van der Waals surface area contributed by atoms with Crippen LogP contribution in [0.1, 0.15) is 36.2 Å². The van der Waals surface area contributed by atoms with E-state index in [0.29, 0.717) is 17.0 Å². The van der Waals surface area contributed by atoms with Crippen LogP contribution in [0.25, 0.3) is 0 Å². The first-order chi connectivity index (χ1) is 8.85. The third kappa shape index (κ3) is 4.24. The summed E-state index contributed by atoms with van der Waals surface area (Å²) in [6.07, 6.45) is 0.672. The molecule has 1 aromatic rings. The van der Waals surface area contributed by atoms with Crippen molar-refractivity contribution in [1.29, 1.82) is 0 Å². The highest BCUT2D eigenvalue weighted by molar-refractivity contribution is 6.31. The molecule has 5 heteroatoms. The van der Waals surface area contributed by atoms with E-state index in [-0.39, 0.29) is 5.92 Å². The normalized spacial score (nSPS) is 13.7. The molecule has 0 saturated heterocycles. The highest BCUT2D eigenvalue weighted by Crippen LogP contribution is 2.15. The van der Waals surface area contributed by atoms with Gasteiger partial charge in [-0.2, -0.15) is 0 Å². The topological polar surface area (TPSA) is 66.4 Å². The highest BCUT2D eigenvalue weighted by Gasteiger charge is 2.25. The molecule has 0 spiro atoms. The quantitative estimate of drug-likeness (QED) is 0.873. The molecule has 0 heterocycles. The van der Waals surface area contributed by atoms with Gasteiger partial charge in [-0.05, 0) is 36.6 Å². The van der Waals surface area contributed by atoms with Crippen molar-refractivity contribution in [3.05, 3.63) is 34.3 Å². The van der Waals surface area contributed by atoms with Crippen molar-refractivity contribution in [2.24, 2.45) is 5.92 Å². The number of carbonyl (C=O) groups excluding carboxylic acids is 1. The molecule has 104 valence electrons. The van der Waals surface area contributed by atoms with E-state index in [1.165, 1.54) is 6.07 Å². The SMILES string of the molecule is CC[C@H](C)[C@H](NC(=O)c1cc(C)cc(Cl)c1)C(=O)O. The Bertz CT molecular complexity index is 467. The fourth-order valence-electron chi connectivity index (χ4n) is 1.78. The largest absolute Gasteiger partial charge is 0.480 e. The lowest BCUT2D eigenvalue weighted by Crippen LogP contribution is -2.45. The molecule has 1 rings (SSSR count). The Hall–Kier alpha value is -1.55. The number of amides is 1. The summed E-state index contributed by atoms with van der Waals surface area (Å²) in [4.78, 5) is 23.2. The number of halogens is 1. The van der Waals surface area contributed by atoms with Crippen molar-refractivity contribution in [3.63, 3.8) is 0 Å². The van der Waals surface area contributed by atoms with Crippen LogP contribution in [0.2, 0.25) is 5.02 Å². The van der Waals surface area contributed by atoms with Crippen molar-refractivity contribution >= 4 is 23.5 Å². The van der Waals surface area contributed by atoms with Crippen LogP contribution in [0.4, 0.5) is 0 Å². The average molecular weight is 284 g/mol. The van der Waals surface area contributed by atoms with Crippen molar-refractivity contribution in [1.82, 2.24) is 5.32 Å². The van der Waals surface area contributed by atoms with Gasteiger partial charge in [-0.1, -0.05) is 31.9 Å². The zero-order valence-corrected chi connectivity index (χ0v) is 12.0. The predicted molar refractivity (Wildman–Crippen MR) is 74.5 cm³/mol. The summed E-state index contributed by atoms with van der Waals surface area (Å²) in [5.74, 6) is -1.58. The molecule has 0 bridgehead atoms. The van der Waals surface area contributed by atoms with E-state index < -0.39 is 17.9 Å². The second kappa shape index (κ2) is 6.57. The number of rotatable bonds is 5. The van der Waals surface area contributed by atoms with Crippen LogP contribution < -0.4 is 5.32 Å². The molecule has 0 fully saturated rings. The lowest BCUT2D eigenvalue weighted by Gasteiger charge is -2.20. The number of carbonyl (C=O) groups is 2. The number of hydrogen-bond donors (Lipinski definition) is 2. The van der Waals surface area contributed by atoms with E-state index in [4.69, 9.17) is 16.7 Å². The summed E-state index contributed by atoms with van der Waals surface area (Å²) in [7, 11) is 0.